The summed E-state index contributed by atoms with van der Waals surface area (Å²) in [6.07, 6.45) is -0.276. The molecule has 0 unspecified atom stereocenters. The second kappa shape index (κ2) is 10.0. The molecule has 0 amide bonds. The Bertz CT molecular complexity index is 1120. The molecular weight excluding hydrogens is 431 g/mol. The molecule has 8 heteroatoms. The van der Waals surface area contributed by atoms with Gasteiger partial charge in [-0.1, -0.05) is 30.9 Å². The van der Waals surface area contributed by atoms with Gasteiger partial charge in [0.1, 0.15) is 22.6 Å². The minimum absolute atomic E-state index is 0.0323. The molecule has 0 saturated carbocycles. The van der Waals surface area contributed by atoms with Crippen molar-refractivity contribution in [1.82, 2.24) is 9.21 Å². The van der Waals surface area contributed by atoms with Crippen molar-refractivity contribution in [3.8, 4) is 17.6 Å². The molecule has 0 radical (unpaired) electrons. The second-order valence-electron chi connectivity index (χ2n) is 8.39. The smallest absolute Gasteiger partial charge is 0.247 e. The van der Waals surface area contributed by atoms with E-state index in [-0.39, 0.29) is 41.4 Å². The third-order valence-electron chi connectivity index (χ3n) is 5.43. The minimum Gasteiger partial charge on any atom is -0.487 e. The van der Waals surface area contributed by atoms with Gasteiger partial charge in [0.15, 0.2) is 0 Å². The van der Waals surface area contributed by atoms with Crippen LogP contribution in [0.2, 0.25) is 0 Å². The number of ether oxygens (including phenoxy) is 1. The first kappa shape index (κ1) is 24.2. The number of fused-ring (bicyclic) bond motifs is 1. The topological polar surface area (TPSA) is 70.1 Å². The molecule has 0 aliphatic carbocycles. The number of hydrogen-bond donors (Lipinski definition) is 1. The lowest BCUT2D eigenvalue weighted by molar-refractivity contribution is 0.0812. The van der Waals surface area contributed by atoms with Crippen molar-refractivity contribution < 1.29 is 22.7 Å². The van der Waals surface area contributed by atoms with E-state index in [2.05, 4.69) is 11.8 Å². The second-order valence-corrected chi connectivity index (χ2v) is 10.3. The lowest BCUT2D eigenvalue weighted by atomic mass is 10.0. The molecule has 1 N–H and O–H groups in total. The first-order chi connectivity index (χ1) is 15.1. The summed E-state index contributed by atoms with van der Waals surface area (Å²) in [5.74, 6) is 5.36. The van der Waals surface area contributed by atoms with Crippen molar-refractivity contribution in [2.24, 2.45) is 5.92 Å². The third kappa shape index (κ3) is 5.30. The predicted molar refractivity (Wildman–Crippen MR) is 121 cm³/mol. The maximum absolute atomic E-state index is 13.9. The highest BCUT2D eigenvalue weighted by Crippen LogP contribution is 2.34. The molecule has 2 aromatic carbocycles. The van der Waals surface area contributed by atoms with Crippen molar-refractivity contribution in [3.63, 3.8) is 0 Å². The monoisotopic (exact) mass is 460 g/mol. The third-order valence-corrected chi connectivity index (χ3v) is 7.45. The number of likely N-dealkylation sites (N-methyl/N-ethyl adjacent to an activating group) is 1. The number of rotatable bonds is 4. The van der Waals surface area contributed by atoms with Crippen LogP contribution in [0.1, 0.15) is 25.0 Å². The first-order valence-electron chi connectivity index (χ1n) is 10.5. The molecule has 2 aromatic rings. The van der Waals surface area contributed by atoms with Crippen LogP contribution in [0.3, 0.4) is 0 Å². The zero-order chi connectivity index (χ0) is 23.5. The summed E-state index contributed by atoms with van der Waals surface area (Å²) in [5, 5.41) is 9.68. The molecule has 1 aliphatic rings. The molecule has 6 nitrogen and oxygen atoms in total. The van der Waals surface area contributed by atoms with Gasteiger partial charge in [-0.05, 0) is 51.4 Å². The minimum atomic E-state index is -3.90. The standard InChI is InChI=1S/C24H29FN2O4S/c1-17-14-27(18(2)16-28)32(29,30)24-12-10-19(9-11-20-7-5-6-8-21(20)25)13-22(24)31-23(17)15-26(3)4/h5-8,10,12-13,17-18,23,28H,14-16H2,1-4H3/t17-,18-,23-/m0/s1. The van der Waals surface area contributed by atoms with E-state index in [1.54, 1.807) is 37.3 Å². The number of nitrogens with zero attached hydrogens (tertiary/aromatic N) is 2. The van der Waals surface area contributed by atoms with Gasteiger partial charge >= 0.3 is 0 Å². The zero-order valence-electron chi connectivity index (χ0n) is 18.7. The van der Waals surface area contributed by atoms with E-state index in [1.165, 1.54) is 16.4 Å². The molecule has 32 heavy (non-hydrogen) atoms. The summed E-state index contributed by atoms with van der Waals surface area (Å²) in [4.78, 5) is 2.02. The van der Waals surface area contributed by atoms with E-state index < -0.39 is 21.9 Å². The quantitative estimate of drug-likeness (QED) is 0.711. The molecule has 172 valence electrons. The van der Waals surface area contributed by atoms with Gasteiger partial charge < -0.3 is 14.7 Å². The van der Waals surface area contributed by atoms with Gasteiger partial charge in [-0.15, -0.1) is 0 Å². The fourth-order valence-electron chi connectivity index (χ4n) is 3.58. The van der Waals surface area contributed by atoms with Crippen LogP contribution < -0.4 is 4.74 Å². The average molecular weight is 461 g/mol. The first-order valence-corrected chi connectivity index (χ1v) is 11.9. The van der Waals surface area contributed by atoms with E-state index in [9.17, 15) is 17.9 Å². The summed E-state index contributed by atoms with van der Waals surface area (Å²) >= 11 is 0. The summed E-state index contributed by atoms with van der Waals surface area (Å²) < 4.78 is 48.3. The number of benzene rings is 2. The van der Waals surface area contributed by atoms with E-state index in [0.29, 0.717) is 12.1 Å². The highest BCUT2D eigenvalue weighted by Gasteiger charge is 2.37. The summed E-state index contributed by atoms with van der Waals surface area (Å²) in [6.45, 7) is 4.16. The highest BCUT2D eigenvalue weighted by molar-refractivity contribution is 7.89. The van der Waals surface area contributed by atoms with Crippen LogP contribution in [0.4, 0.5) is 4.39 Å². The largest absolute Gasteiger partial charge is 0.487 e. The molecule has 0 saturated heterocycles. The normalized spacial score (nSPS) is 21.5. The molecule has 1 aliphatic heterocycles. The van der Waals surface area contributed by atoms with Crippen LogP contribution in [0.5, 0.6) is 5.75 Å². The van der Waals surface area contributed by atoms with E-state index >= 15 is 0 Å². The van der Waals surface area contributed by atoms with Gasteiger partial charge in [-0.3, -0.25) is 0 Å². The van der Waals surface area contributed by atoms with Gasteiger partial charge in [-0.2, -0.15) is 4.31 Å². The molecular formula is C24H29FN2O4S. The van der Waals surface area contributed by atoms with Crippen molar-refractivity contribution in [2.45, 2.75) is 30.9 Å². The Balaban J connectivity index is 2.09. The summed E-state index contributed by atoms with van der Waals surface area (Å²) in [5.41, 5.74) is 0.774. The molecule has 3 rings (SSSR count). The number of aliphatic hydroxyl groups excluding tert-OH is 1. The Labute approximate surface area is 189 Å². The summed E-state index contributed by atoms with van der Waals surface area (Å²) in [7, 11) is -0.0478. The van der Waals surface area contributed by atoms with Crippen molar-refractivity contribution in [2.75, 3.05) is 33.8 Å². The number of halogens is 1. The summed E-state index contributed by atoms with van der Waals surface area (Å²) in [6, 6.07) is 10.3. The molecule has 0 fully saturated rings. The molecule has 0 aromatic heterocycles. The molecule has 3 atom stereocenters. The Morgan fingerprint density at radius 1 is 1.25 bits per heavy atom. The Hall–Kier alpha value is -2.44. The van der Waals surface area contributed by atoms with Crippen LogP contribution >= 0.6 is 0 Å². The van der Waals surface area contributed by atoms with E-state index in [1.807, 2.05) is 25.9 Å². The highest BCUT2D eigenvalue weighted by atomic mass is 32.2. The fraction of sp³-hybridized carbons (Fsp3) is 0.417. The molecule has 0 bridgehead atoms. The number of hydrogen-bond acceptors (Lipinski definition) is 5. The van der Waals surface area contributed by atoms with E-state index in [0.717, 1.165) is 0 Å². The van der Waals surface area contributed by atoms with Crippen LogP contribution in [0.25, 0.3) is 0 Å². The van der Waals surface area contributed by atoms with Crippen LogP contribution in [0.15, 0.2) is 47.4 Å². The number of sulfonamides is 1. The predicted octanol–water partition coefficient (Wildman–Crippen LogP) is 2.56. The zero-order valence-corrected chi connectivity index (χ0v) is 19.6. The van der Waals surface area contributed by atoms with Gasteiger partial charge in [0.2, 0.25) is 10.0 Å². The lowest BCUT2D eigenvalue weighted by Gasteiger charge is -2.37. The molecule has 1 heterocycles. The van der Waals surface area contributed by atoms with Gasteiger partial charge in [0, 0.05) is 30.6 Å². The maximum atomic E-state index is 13.9. The van der Waals surface area contributed by atoms with Gasteiger partial charge in [0.25, 0.3) is 0 Å². The SMILES string of the molecule is C[C@H]1CN([C@@H](C)CO)S(=O)(=O)c2ccc(C#Cc3ccccc3F)cc2O[C@H]1CN(C)C. The van der Waals surface area contributed by atoms with Crippen LogP contribution in [-0.4, -0.2) is 68.7 Å². The lowest BCUT2D eigenvalue weighted by Crippen LogP contribution is -2.49. The Morgan fingerprint density at radius 2 is 1.97 bits per heavy atom. The van der Waals surface area contributed by atoms with Crippen molar-refractivity contribution >= 4 is 10.0 Å². The van der Waals surface area contributed by atoms with Crippen molar-refractivity contribution in [1.29, 1.82) is 0 Å². The van der Waals surface area contributed by atoms with Crippen molar-refractivity contribution in [3.05, 3.63) is 59.4 Å². The van der Waals surface area contributed by atoms with E-state index in [4.69, 9.17) is 4.74 Å². The van der Waals surface area contributed by atoms with Crippen LogP contribution in [0, 0.1) is 23.6 Å². The van der Waals surface area contributed by atoms with Crippen LogP contribution in [-0.2, 0) is 10.0 Å². The molecule has 0 spiro atoms. The Kier molecular flexibility index (Phi) is 7.57. The van der Waals surface area contributed by atoms with Gasteiger partial charge in [0.05, 0.1) is 12.2 Å². The van der Waals surface area contributed by atoms with Gasteiger partial charge in [-0.25, -0.2) is 12.8 Å². The number of aliphatic hydroxyl groups is 1. The maximum Gasteiger partial charge on any atom is 0.247 e. The Morgan fingerprint density at radius 3 is 2.62 bits per heavy atom. The fourth-order valence-corrected chi connectivity index (χ4v) is 5.41. The average Bonchev–Trinajstić information content (AvgIpc) is 2.74.